The molecule has 3 nitrogen and oxygen atoms in total. The summed E-state index contributed by atoms with van der Waals surface area (Å²) in [6.45, 7) is 1.63. The number of aromatic amines is 1. The van der Waals surface area contributed by atoms with Crippen molar-refractivity contribution in [3.8, 4) is 0 Å². The molecule has 2 aromatic rings. The van der Waals surface area contributed by atoms with Gasteiger partial charge in [-0.25, -0.2) is 0 Å². The van der Waals surface area contributed by atoms with Crippen LogP contribution in [0.5, 0.6) is 0 Å². The first-order valence-electron chi connectivity index (χ1n) is 8.96. The van der Waals surface area contributed by atoms with Gasteiger partial charge in [0, 0.05) is 59.1 Å². The zero-order valence-electron chi connectivity index (χ0n) is 13.9. The van der Waals surface area contributed by atoms with Gasteiger partial charge in [-0.2, -0.15) is 0 Å². The number of aromatic nitrogens is 1. The zero-order chi connectivity index (χ0) is 16.4. The van der Waals surface area contributed by atoms with Gasteiger partial charge in [-0.3, -0.25) is 4.79 Å². The number of carbonyl (C=O) groups excluding carboxylic acids is 1. The quantitative estimate of drug-likeness (QED) is 0.616. The van der Waals surface area contributed by atoms with E-state index in [1.54, 1.807) is 0 Å². The molecule has 2 aliphatic rings. The Hall–Kier alpha value is -1.07. The highest BCUT2D eigenvalue weighted by atomic mass is 33.1. The van der Waals surface area contributed by atoms with E-state index in [1.807, 2.05) is 21.6 Å². The second-order valence-corrected chi connectivity index (χ2v) is 9.56. The first kappa shape index (κ1) is 16.4. The lowest BCUT2D eigenvalue weighted by Gasteiger charge is -2.27. The fraction of sp³-hybridized carbons (Fsp3) is 0.526. The molecule has 1 N–H and O–H groups in total. The number of para-hydroxylation sites is 1. The second kappa shape index (κ2) is 7.44. The highest BCUT2D eigenvalue weighted by molar-refractivity contribution is 8.77. The Morgan fingerprint density at radius 1 is 1.29 bits per heavy atom. The summed E-state index contributed by atoms with van der Waals surface area (Å²) in [5, 5.41) is 2.11. The summed E-state index contributed by atoms with van der Waals surface area (Å²) >= 11 is 0. The normalized spacial score (nSPS) is 20.5. The Balaban J connectivity index is 1.31. The summed E-state index contributed by atoms with van der Waals surface area (Å²) in [5.74, 6) is 1.63. The van der Waals surface area contributed by atoms with Crippen LogP contribution >= 0.6 is 21.6 Å². The van der Waals surface area contributed by atoms with Crippen molar-refractivity contribution in [3.05, 3.63) is 35.5 Å². The van der Waals surface area contributed by atoms with Crippen molar-refractivity contribution in [1.29, 1.82) is 0 Å². The van der Waals surface area contributed by atoms with E-state index in [2.05, 4.69) is 34.1 Å². The lowest BCUT2D eigenvalue weighted by Crippen LogP contribution is -2.35. The molecule has 1 unspecified atom stereocenters. The first-order chi connectivity index (χ1) is 11.8. The monoisotopic (exact) mass is 360 g/mol. The van der Waals surface area contributed by atoms with E-state index >= 15 is 0 Å². The first-order valence-corrected chi connectivity index (χ1v) is 11.3. The minimum Gasteiger partial charge on any atom is -0.358 e. The summed E-state index contributed by atoms with van der Waals surface area (Å²) in [6, 6.07) is 8.43. The van der Waals surface area contributed by atoms with E-state index in [4.69, 9.17) is 0 Å². The molecule has 3 heterocycles. The van der Waals surface area contributed by atoms with Crippen LogP contribution in [0.25, 0.3) is 10.9 Å². The summed E-state index contributed by atoms with van der Waals surface area (Å²) in [6.07, 6.45) is 6.51. The molecule has 24 heavy (non-hydrogen) atoms. The zero-order valence-corrected chi connectivity index (χ0v) is 15.6. The van der Waals surface area contributed by atoms with Gasteiger partial charge in [-0.05, 0) is 25.3 Å². The number of benzene rings is 1. The van der Waals surface area contributed by atoms with Gasteiger partial charge in [-0.15, -0.1) is 0 Å². The number of H-pyrrole nitrogens is 1. The number of hydrogen-bond acceptors (Lipinski definition) is 3. The second-order valence-electron chi connectivity index (χ2n) is 6.77. The van der Waals surface area contributed by atoms with Crippen LogP contribution in [0.2, 0.25) is 0 Å². The van der Waals surface area contributed by atoms with Crippen LogP contribution in [-0.2, 0) is 17.8 Å². The van der Waals surface area contributed by atoms with Crippen LogP contribution in [0, 0.1) is 0 Å². The molecular formula is C19H24N2OS2. The molecule has 1 aromatic heterocycles. The molecule has 0 radical (unpaired) electrons. The SMILES string of the molecule is O=C(CCCCC1CCSS1)N1CCc2[nH]c3ccccc3c2C1. The minimum absolute atomic E-state index is 0.333. The number of fused-ring (bicyclic) bond motifs is 3. The third kappa shape index (κ3) is 3.47. The molecule has 0 aliphatic carbocycles. The number of carbonyl (C=O) groups is 1. The Morgan fingerprint density at radius 2 is 2.21 bits per heavy atom. The lowest BCUT2D eigenvalue weighted by atomic mass is 10.0. The average molecular weight is 361 g/mol. The van der Waals surface area contributed by atoms with Gasteiger partial charge >= 0.3 is 0 Å². The predicted octanol–water partition coefficient (Wildman–Crippen LogP) is 4.77. The van der Waals surface area contributed by atoms with E-state index in [0.29, 0.717) is 12.3 Å². The largest absolute Gasteiger partial charge is 0.358 e. The summed E-state index contributed by atoms with van der Waals surface area (Å²) in [5.41, 5.74) is 3.84. The number of amides is 1. The molecule has 4 rings (SSSR count). The smallest absolute Gasteiger partial charge is 0.222 e. The third-order valence-corrected chi connectivity index (χ3v) is 8.14. The van der Waals surface area contributed by atoms with Gasteiger partial charge in [0.1, 0.15) is 0 Å². The van der Waals surface area contributed by atoms with Crippen molar-refractivity contribution < 1.29 is 4.79 Å². The molecule has 2 aliphatic heterocycles. The van der Waals surface area contributed by atoms with Crippen molar-refractivity contribution in [3.63, 3.8) is 0 Å². The predicted molar refractivity (Wildman–Crippen MR) is 104 cm³/mol. The van der Waals surface area contributed by atoms with E-state index < -0.39 is 0 Å². The number of rotatable bonds is 5. The number of hydrogen-bond donors (Lipinski definition) is 1. The van der Waals surface area contributed by atoms with Crippen molar-refractivity contribution in [2.45, 2.75) is 50.3 Å². The molecule has 1 saturated heterocycles. The van der Waals surface area contributed by atoms with E-state index in [-0.39, 0.29) is 0 Å². The Morgan fingerprint density at radius 3 is 3.08 bits per heavy atom. The Kier molecular flexibility index (Phi) is 5.09. The maximum Gasteiger partial charge on any atom is 0.222 e. The maximum absolute atomic E-state index is 12.6. The average Bonchev–Trinajstić information content (AvgIpc) is 3.25. The van der Waals surface area contributed by atoms with Gasteiger partial charge in [0.15, 0.2) is 0 Å². The van der Waals surface area contributed by atoms with Gasteiger partial charge in [0.05, 0.1) is 0 Å². The van der Waals surface area contributed by atoms with Gasteiger partial charge in [0.2, 0.25) is 5.91 Å². The van der Waals surface area contributed by atoms with E-state index in [9.17, 15) is 4.79 Å². The van der Waals surface area contributed by atoms with Crippen LogP contribution in [0.4, 0.5) is 0 Å². The maximum atomic E-state index is 12.6. The van der Waals surface area contributed by atoms with E-state index in [1.165, 1.54) is 47.2 Å². The van der Waals surface area contributed by atoms with Crippen molar-refractivity contribution in [2.75, 3.05) is 12.3 Å². The summed E-state index contributed by atoms with van der Waals surface area (Å²) < 4.78 is 0. The molecular weight excluding hydrogens is 336 g/mol. The van der Waals surface area contributed by atoms with Crippen LogP contribution < -0.4 is 0 Å². The standard InChI is InChI=1S/C19H24N2OS2/c22-19(8-4-1-5-14-10-12-23-24-14)21-11-9-18-16(13-21)15-6-2-3-7-17(15)20-18/h2-3,6-7,14,20H,1,4-5,8-13H2. The van der Waals surface area contributed by atoms with Gasteiger partial charge < -0.3 is 9.88 Å². The summed E-state index contributed by atoms with van der Waals surface area (Å²) in [4.78, 5) is 18.1. The van der Waals surface area contributed by atoms with Crippen LogP contribution in [-0.4, -0.2) is 33.3 Å². The van der Waals surface area contributed by atoms with Crippen LogP contribution in [0.3, 0.4) is 0 Å². The molecule has 1 amide bonds. The van der Waals surface area contributed by atoms with Crippen LogP contribution in [0.1, 0.15) is 43.4 Å². The van der Waals surface area contributed by atoms with Gasteiger partial charge in [0.25, 0.3) is 0 Å². The molecule has 1 aromatic carbocycles. The lowest BCUT2D eigenvalue weighted by molar-refractivity contribution is -0.132. The minimum atomic E-state index is 0.333. The van der Waals surface area contributed by atoms with Gasteiger partial charge in [-0.1, -0.05) is 46.2 Å². The van der Waals surface area contributed by atoms with Crippen molar-refractivity contribution >= 4 is 38.4 Å². The fourth-order valence-corrected chi connectivity index (χ4v) is 6.78. The molecule has 0 bridgehead atoms. The fourth-order valence-electron chi connectivity index (χ4n) is 3.75. The molecule has 0 spiro atoms. The number of nitrogens with one attached hydrogen (secondary N) is 1. The number of unbranched alkanes of at least 4 members (excludes halogenated alkanes) is 1. The third-order valence-electron chi connectivity index (χ3n) is 5.13. The number of nitrogens with zero attached hydrogens (tertiary/aromatic N) is 1. The summed E-state index contributed by atoms with van der Waals surface area (Å²) in [7, 11) is 4.04. The Labute approximate surface area is 151 Å². The van der Waals surface area contributed by atoms with Crippen LogP contribution in [0.15, 0.2) is 24.3 Å². The topological polar surface area (TPSA) is 36.1 Å². The molecule has 5 heteroatoms. The van der Waals surface area contributed by atoms with E-state index in [0.717, 1.165) is 31.2 Å². The molecule has 128 valence electrons. The highest BCUT2D eigenvalue weighted by Crippen LogP contribution is 2.40. The molecule has 1 atom stereocenters. The molecule has 1 fully saturated rings. The van der Waals surface area contributed by atoms with Crippen molar-refractivity contribution in [2.24, 2.45) is 0 Å². The molecule has 0 saturated carbocycles. The Bertz CT molecular complexity index is 721. The highest BCUT2D eigenvalue weighted by Gasteiger charge is 2.23. The van der Waals surface area contributed by atoms with Crippen molar-refractivity contribution in [1.82, 2.24) is 9.88 Å².